The molecule has 5 aliphatic heterocycles. The van der Waals surface area contributed by atoms with Gasteiger partial charge in [0, 0.05) is 12.3 Å². The van der Waals surface area contributed by atoms with Crippen LogP contribution in [0.5, 0.6) is 0 Å². The molecule has 0 unspecified atom stereocenters. The van der Waals surface area contributed by atoms with Crippen molar-refractivity contribution in [3.8, 4) is 0 Å². The van der Waals surface area contributed by atoms with Crippen LogP contribution in [0.3, 0.4) is 0 Å². The van der Waals surface area contributed by atoms with E-state index in [-0.39, 0.29) is 41.3 Å². The first kappa shape index (κ1) is 57.5. The lowest BCUT2D eigenvalue weighted by Crippen LogP contribution is -2.67. The van der Waals surface area contributed by atoms with Crippen LogP contribution in [-0.4, -0.2) is 239 Å². The van der Waals surface area contributed by atoms with E-state index < -0.39 is 155 Å². The lowest BCUT2D eigenvalue weighted by Gasteiger charge is -2.58. The number of aliphatic hydroxyl groups excluding tert-OH is 13. The van der Waals surface area contributed by atoms with Gasteiger partial charge in [-0.15, -0.1) is 0 Å². The fourth-order valence-electron chi connectivity index (χ4n) is 15.0. The fraction of sp³-hybridized carbons (Fsp3) is 0.961. The predicted molar refractivity (Wildman–Crippen MR) is 250 cm³/mol. The molecule has 4 aliphatic carbocycles. The van der Waals surface area contributed by atoms with Crippen molar-refractivity contribution in [2.45, 2.75) is 233 Å². The van der Waals surface area contributed by atoms with Crippen LogP contribution >= 0.6 is 0 Å². The van der Waals surface area contributed by atoms with Crippen molar-refractivity contribution in [3.05, 3.63) is 11.6 Å². The van der Waals surface area contributed by atoms with Crippen LogP contribution in [0, 0.1) is 46.3 Å². The molecule has 0 bridgehead atoms. The van der Waals surface area contributed by atoms with Crippen molar-refractivity contribution in [3.63, 3.8) is 0 Å². The zero-order valence-electron chi connectivity index (χ0n) is 42.9. The van der Waals surface area contributed by atoms with E-state index in [0.717, 1.165) is 32.1 Å². The van der Waals surface area contributed by atoms with E-state index in [9.17, 15) is 71.5 Å². The number of aliphatic hydroxyl groups is 14. The Morgan fingerprint density at radius 2 is 1.20 bits per heavy atom. The van der Waals surface area contributed by atoms with E-state index in [0.29, 0.717) is 43.4 Å². The monoisotopic (exact) mass is 1060 g/mol. The second kappa shape index (κ2) is 22.4. The van der Waals surface area contributed by atoms with Gasteiger partial charge in [-0.25, -0.2) is 0 Å². The van der Waals surface area contributed by atoms with Crippen LogP contribution in [0.1, 0.15) is 92.4 Å². The van der Waals surface area contributed by atoms with Crippen LogP contribution in [0.25, 0.3) is 0 Å². The Kier molecular flexibility index (Phi) is 17.4. The third-order valence-corrected chi connectivity index (χ3v) is 19.5. The molecule has 0 aromatic rings. The summed E-state index contributed by atoms with van der Waals surface area (Å²) in [6.45, 7) is 8.33. The van der Waals surface area contributed by atoms with E-state index in [1.54, 1.807) is 0 Å². The molecule has 14 N–H and O–H groups in total. The molecule has 9 aliphatic rings. The number of allylic oxidation sites excluding steroid dienone is 1. The molecular weight excluding hydrogens is 981 g/mol. The maximum atomic E-state index is 12.1. The highest BCUT2D eigenvalue weighted by atomic mass is 16.8. The molecule has 74 heavy (non-hydrogen) atoms. The number of fused-ring (bicyclic) bond motifs is 7. The molecule has 23 nitrogen and oxygen atoms in total. The molecule has 5 heterocycles. The Labute approximate surface area is 430 Å². The molecule has 426 valence electrons. The summed E-state index contributed by atoms with van der Waals surface area (Å²) in [4.78, 5) is 0. The molecule has 0 amide bonds. The van der Waals surface area contributed by atoms with E-state index in [1.807, 2.05) is 6.92 Å². The summed E-state index contributed by atoms with van der Waals surface area (Å²) in [6.07, 6.45) is -22.5. The van der Waals surface area contributed by atoms with Gasteiger partial charge in [0.05, 0.1) is 44.7 Å². The van der Waals surface area contributed by atoms with E-state index in [2.05, 4.69) is 26.8 Å². The fourth-order valence-corrected chi connectivity index (χ4v) is 15.0. The average molecular weight is 1070 g/mol. The molecular formula is C51H84O23. The Bertz CT molecular complexity index is 1920. The Hall–Kier alpha value is -1.18. The highest BCUT2D eigenvalue weighted by molar-refractivity contribution is 5.26. The summed E-state index contributed by atoms with van der Waals surface area (Å²) in [5.74, 6) is -0.351. The van der Waals surface area contributed by atoms with Crippen molar-refractivity contribution in [2.24, 2.45) is 46.3 Å². The van der Waals surface area contributed by atoms with Gasteiger partial charge in [0.1, 0.15) is 91.6 Å². The molecule has 0 aromatic carbocycles. The largest absolute Gasteiger partial charge is 0.394 e. The van der Waals surface area contributed by atoms with Crippen molar-refractivity contribution < 1.29 is 114 Å². The van der Waals surface area contributed by atoms with Crippen molar-refractivity contribution >= 4 is 0 Å². The van der Waals surface area contributed by atoms with Gasteiger partial charge in [-0.2, -0.15) is 0 Å². The van der Waals surface area contributed by atoms with Gasteiger partial charge in [0.2, 0.25) is 0 Å². The Morgan fingerprint density at radius 3 is 1.85 bits per heavy atom. The molecule has 9 rings (SSSR count). The molecule has 8 fully saturated rings. The minimum absolute atomic E-state index is 0.0769. The van der Waals surface area contributed by atoms with Crippen LogP contribution in [0.15, 0.2) is 11.6 Å². The van der Waals surface area contributed by atoms with Gasteiger partial charge in [-0.3, -0.25) is 0 Å². The highest BCUT2D eigenvalue weighted by Crippen LogP contribution is 2.70. The highest BCUT2D eigenvalue weighted by Gasteiger charge is 2.68. The third kappa shape index (κ3) is 10.2. The Balaban J connectivity index is 0.864. The number of hydrogen-bond donors (Lipinski definition) is 14. The smallest absolute Gasteiger partial charge is 0.187 e. The zero-order valence-corrected chi connectivity index (χ0v) is 42.9. The van der Waals surface area contributed by atoms with E-state index in [1.165, 1.54) is 12.5 Å². The van der Waals surface area contributed by atoms with Crippen LogP contribution in [0.4, 0.5) is 0 Å². The van der Waals surface area contributed by atoms with Gasteiger partial charge in [-0.1, -0.05) is 39.3 Å². The lowest BCUT2D eigenvalue weighted by atomic mass is 9.47. The lowest BCUT2D eigenvalue weighted by molar-refractivity contribution is -0.394. The van der Waals surface area contributed by atoms with Crippen molar-refractivity contribution in [2.75, 3.05) is 26.4 Å². The average Bonchev–Trinajstić information content (AvgIpc) is 3.82. The van der Waals surface area contributed by atoms with Gasteiger partial charge < -0.3 is 114 Å². The molecule has 0 spiro atoms. The molecule has 3 saturated carbocycles. The van der Waals surface area contributed by atoms with Crippen LogP contribution in [0.2, 0.25) is 0 Å². The summed E-state index contributed by atoms with van der Waals surface area (Å²) in [5, 5.41) is 149. The molecule has 0 radical (unpaired) electrons. The quantitative estimate of drug-likeness (QED) is 0.0727. The summed E-state index contributed by atoms with van der Waals surface area (Å²) in [5.41, 5.74) is 0.989. The number of hydrogen-bond acceptors (Lipinski definition) is 23. The SMILES string of the molecule is C[C@@H](CC[C@@]1(O)O[C@H]2C[C@H]3[C@@H]4CC=C5C[C@@H](O[C@@H]6O[C@H](CO)[C@@H](O)[C@H](O[C@@H]7O[C@H](CO)[C@@H](O)[C@H](O)[C@H]7O)[C@H]6O[C@@H]6O[C@@H](C)[C@H](O)[C@@H](O)[C@H]6O)CC[C@]5(C)[C@H]4CC[C@]3(C)[C@H]2[C@@H]1C)CO[C@@H]1O[C@H](CO)[C@@H](O)[C@H](O)[C@H]1O. The molecule has 31 atom stereocenters. The standard InChI is InChI=1S/C51H84O23/c1-20(19-66-45-40(62)38(60)34(56)29(16-52)69-45)8-13-51(65)21(2)32-28(74-51)15-27-25-7-6-23-14-24(9-11-49(23,4)26(25)10-12-50(27,32)5)68-48-44(73-46-41(63)37(59)33(55)22(3)67-46)43(36(58)31(18-54)71-48)72-47-42(64)39(61)35(57)30(17-53)70-47/h6,20-22,24-48,52-65H,7-19H2,1-5H3/t20-,21-,22-,24-,25+,26-,27-,28-,29+,30+,31+,32-,33-,34+,35+,36+,37+,38-,39-,40+,41+,42+,43-,44+,45+,46-,47-,48+,49-,50-,51+/m0/s1. The van der Waals surface area contributed by atoms with Crippen molar-refractivity contribution in [1.29, 1.82) is 0 Å². The minimum Gasteiger partial charge on any atom is -0.394 e. The Morgan fingerprint density at radius 1 is 0.635 bits per heavy atom. The maximum Gasteiger partial charge on any atom is 0.187 e. The normalized spacial score (nSPS) is 54.9. The molecule has 23 heteroatoms. The van der Waals surface area contributed by atoms with E-state index in [4.69, 9.17) is 42.6 Å². The second-order valence-corrected chi connectivity index (χ2v) is 23.8. The summed E-state index contributed by atoms with van der Waals surface area (Å²) < 4.78 is 54.7. The first-order chi connectivity index (χ1) is 35.0. The molecule has 0 aromatic heterocycles. The van der Waals surface area contributed by atoms with Gasteiger partial charge in [0.15, 0.2) is 30.9 Å². The topological polar surface area (TPSA) is 366 Å². The van der Waals surface area contributed by atoms with Crippen LogP contribution in [-0.2, 0) is 42.6 Å². The molecule has 5 saturated heterocycles. The van der Waals surface area contributed by atoms with Gasteiger partial charge in [0.25, 0.3) is 0 Å². The van der Waals surface area contributed by atoms with E-state index >= 15 is 0 Å². The number of ether oxygens (including phenoxy) is 9. The number of rotatable bonds is 15. The maximum absolute atomic E-state index is 12.1. The summed E-state index contributed by atoms with van der Waals surface area (Å²) in [6, 6.07) is 0. The summed E-state index contributed by atoms with van der Waals surface area (Å²) in [7, 11) is 0. The predicted octanol–water partition coefficient (Wildman–Crippen LogP) is -3.01. The minimum atomic E-state index is -1.88. The van der Waals surface area contributed by atoms with Gasteiger partial charge >= 0.3 is 0 Å². The second-order valence-electron chi connectivity index (χ2n) is 23.8. The van der Waals surface area contributed by atoms with Gasteiger partial charge in [-0.05, 0) is 98.7 Å². The van der Waals surface area contributed by atoms with Crippen molar-refractivity contribution in [1.82, 2.24) is 0 Å². The van der Waals surface area contributed by atoms with Crippen LogP contribution < -0.4 is 0 Å². The zero-order chi connectivity index (χ0) is 53.5. The summed E-state index contributed by atoms with van der Waals surface area (Å²) >= 11 is 0. The first-order valence-electron chi connectivity index (χ1n) is 26.9. The first-order valence-corrected chi connectivity index (χ1v) is 26.9. The third-order valence-electron chi connectivity index (χ3n) is 19.5.